The first-order valence-electron chi connectivity index (χ1n) is 4.51. The van der Waals surface area contributed by atoms with Crippen LogP contribution in [0.3, 0.4) is 0 Å². The Morgan fingerprint density at radius 1 is 0.765 bits per heavy atom. The van der Waals surface area contributed by atoms with Crippen molar-refractivity contribution in [3.63, 3.8) is 0 Å². The van der Waals surface area contributed by atoms with Gasteiger partial charge in [-0.3, -0.25) is 0 Å². The number of nitrogens with zero attached hydrogens (tertiary/aromatic N) is 6. The average Bonchev–Trinajstić information content (AvgIpc) is 3.10. The lowest BCUT2D eigenvalue weighted by molar-refractivity contribution is 0.590. The fourth-order valence-corrected chi connectivity index (χ4v) is 3.32. The fourth-order valence-electron chi connectivity index (χ4n) is 1.39. The molecule has 3 rings (SSSR count). The molecule has 11 heteroatoms. The molecule has 0 saturated heterocycles. The number of aromatic nitrogens is 9. The molecule has 0 aliphatic heterocycles. The molecule has 0 bridgehead atoms. The van der Waals surface area contributed by atoms with Crippen LogP contribution in [0.25, 0.3) is 0 Å². The summed E-state index contributed by atoms with van der Waals surface area (Å²) in [5, 5.41) is 29.7. The summed E-state index contributed by atoms with van der Waals surface area (Å²) < 4.78 is 13.0. The zero-order valence-corrected chi connectivity index (χ0v) is 9.17. The van der Waals surface area contributed by atoms with E-state index in [1.54, 1.807) is 0 Å². The van der Waals surface area contributed by atoms with Gasteiger partial charge >= 0.3 is 0 Å². The molecule has 0 atom stereocenters. The van der Waals surface area contributed by atoms with E-state index in [0.29, 0.717) is 0 Å². The van der Waals surface area contributed by atoms with Gasteiger partial charge in [0.2, 0.25) is 7.14 Å². The Morgan fingerprint density at radius 3 is 1.35 bits per heavy atom. The van der Waals surface area contributed by atoms with Crippen molar-refractivity contribution in [1.82, 2.24) is 46.2 Å². The molecule has 0 unspecified atom stereocenters. The number of rotatable bonds is 3. The van der Waals surface area contributed by atoms with Crippen LogP contribution in [0, 0.1) is 0 Å². The van der Waals surface area contributed by atoms with Crippen LogP contribution in [0.4, 0.5) is 0 Å². The first-order chi connectivity index (χ1) is 8.32. The van der Waals surface area contributed by atoms with Gasteiger partial charge < -0.3 is 4.57 Å². The van der Waals surface area contributed by atoms with E-state index >= 15 is 0 Å². The van der Waals surface area contributed by atoms with Crippen LogP contribution in [0.5, 0.6) is 0 Å². The topological polar surface area (TPSA) is 142 Å². The minimum Gasteiger partial charge on any atom is -0.303 e. The molecule has 3 heterocycles. The van der Waals surface area contributed by atoms with Gasteiger partial charge in [0.05, 0.1) is 18.6 Å². The van der Waals surface area contributed by atoms with E-state index in [1.165, 1.54) is 18.6 Å². The predicted molar refractivity (Wildman–Crippen MR) is 55.7 cm³/mol. The number of nitrogens with one attached hydrogen (secondary N) is 3. The second-order valence-electron chi connectivity index (χ2n) is 3.09. The van der Waals surface area contributed by atoms with Crippen molar-refractivity contribution in [2.75, 3.05) is 0 Å². The normalized spacial score (nSPS) is 11.8. The predicted octanol–water partition coefficient (Wildman–Crippen LogP) is -2.32. The Morgan fingerprint density at radius 2 is 1.12 bits per heavy atom. The Hall–Kier alpha value is -2.35. The summed E-state index contributed by atoms with van der Waals surface area (Å²) in [6, 6.07) is 0. The monoisotopic (exact) mass is 251 g/mol. The van der Waals surface area contributed by atoms with Crippen LogP contribution in [0.1, 0.15) is 0 Å². The van der Waals surface area contributed by atoms with Gasteiger partial charge in [-0.1, -0.05) is 0 Å². The maximum atomic E-state index is 13.0. The van der Waals surface area contributed by atoms with Gasteiger partial charge in [0.15, 0.2) is 16.3 Å². The second-order valence-corrected chi connectivity index (χ2v) is 5.69. The highest BCUT2D eigenvalue weighted by Crippen LogP contribution is 2.38. The van der Waals surface area contributed by atoms with E-state index in [9.17, 15) is 4.57 Å². The maximum absolute atomic E-state index is 13.0. The second kappa shape index (κ2) is 3.59. The number of H-pyrrole nitrogens is 3. The lowest BCUT2D eigenvalue weighted by Crippen LogP contribution is -2.27. The molecule has 0 radical (unpaired) electrons. The molecule has 17 heavy (non-hydrogen) atoms. The van der Waals surface area contributed by atoms with Gasteiger partial charge in [-0.25, -0.2) is 0 Å². The Labute approximate surface area is 93.6 Å². The van der Waals surface area contributed by atoms with Crippen molar-refractivity contribution in [1.29, 1.82) is 0 Å². The molecule has 10 nitrogen and oxygen atoms in total. The molecule has 0 aromatic carbocycles. The van der Waals surface area contributed by atoms with Crippen molar-refractivity contribution in [3.8, 4) is 0 Å². The molecular formula is C6H6N9OP. The standard InChI is InChI=1S/C6H6N9OP/c16-17(4-1-7-13-10-4,5-2-8-14-11-5)6-3-9-15-12-6/h1-3H,(H,7,10,13)(H,8,11,14)(H,9,12,15). The molecule has 3 aromatic rings. The molecule has 0 aliphatic rings. The van der Waals surface area contributed by atoms with Gasteiger partial charge in [-0.05, 0) is 0 Å². The Bertz CT molecular complexity index is 536. The maximum Gasteiger partial charge on any atom is 0.233 e. The first-order valence-corrected chi connectivity index (χ1v) is 6.21. The lowest BCUT2D eigenvalue weighted by atomic mass is 10.9. The fraction of sp³-hybridized carbons (Fsp3) is 0. The summed E-state index contributed by atoms with van der Waals surface area (Å²) in [5.41, 5.74) is 0.751. The van der Waals surface area contributed by atoms with Crippen molar-refractivity contribution >= 4 is 23.4 Å². The molecule has 86 valence electrons. The van der Waals surface area contributed by atoms with Gasteiger partial charge in [0, 0.05) is 0 Å². The van der Waals surface area contributed by atoms with Crippen LogP contribution in [-0.2, 0) is 4.57 Å². The van der Waals surface area contributed by atoms with E-state index in [1.807, 2.05) is 0 Å². The Kier molecular flexibility index (Phi) is 2.08. The van der Waals surface area contributed by atoms with Crippen LogP contribution in [0.2, 0.25) is 0 Å². The first kappa shape index (κ1) is 9.85. The van der Waals surface area contributed by atoms with Crippen LogP contribution in [0.15, 0.2) is 18.6 Å². The molecule has 0 spiro atoms. The molecular weight excluding hydrogens is 245 g/mol. The quantitative estimate of drug-likeness (QED) is 0.443. The van der Waals surface area contributed by atoms with E-state index in [-0.39, 0.29) is 16.3 Å². The van der Waals surface area contributed by atoms with Crippen LogP contribution >= 0.6 is 7.14 Å². The third kappa shape index (κ3) is 1.38. The minimum absolute atomic E-state index is 0.250. The molecule has 3 aromatic heterocycles. The van der Waals surface area contributed by atoms with Crippen molar-refractivity contribution in [2.24, 2.45) is 0 Å². The summed E-state index contributed by atoms with van der Waals surface area (Å²) in [7, 11) is -3.25. The summed E-state index contributed by atoms with van der Waals surface area (Å²) in [5.74, 6) is 0. The highest BCUT2D eigenvalue weighted by molar-refractivity contribution is 7.84. The number of aromatic amines is 3. The molecule has 0 fully saturated rings. The SMILES string of the molecule is O=P(c1cn[nH]n1)(c1cn[nH]n1)c1cn[nH]n1. The van der Waals surface area contributed by atoms with Gasteiger partial charge in [-0.15, -0.1) is 0 Å². The van der Waals surface area contributed by atoms with Crippen LogP contribution < -0.4 is 16.3 Å². The zero-order chi connectivity index (χ0) is 11.7. The summed E-state index contributed by atoms with van der Waals surface area (Å²) in [4.78, 5) is 0. The highest BCUT2D eigenvalue weighted by atomic mass is 31.2. The lowest BCUT2D eigenvalue weighted by Gasteiger charge is -2.07. The largest absolute Gasteiger partial charge is 0.303 e. The third-order valence-corrected chi connectivity index (χ3v) is 4.76. The molecule has 3 N–H and O–H groups in total. The minimum atomic E-state index is -3.25. The molecule has 0 saturated carbocycles. The van der Waals surface area contributed by atoms with E-state index in [0.717, 1.165) is 0 Å². The van der Waals surface area contributed by atoms with Crippen molar-refractivity contribution in [2.45, 2.75) is 0 Å². The van der Waals surface area contributed by atoms with Crippen molar-refractivity contribution < 1.29 is 4.57 Å². The van der Waals surface area contributed by atoms with Crippen molar-refractivity contribution in [3.05, 3.63) is 18.6 Å². The Balaban J connectivity index is 2.26. The molecule has 0 aliphatic carbocycles. The summed E-state index contributed by atoms with van der Waals surface area (Å²) in [6.07, 6.45) is 4.10. The highest BCUT2D eigenvalue weighted by Gasteiger charge is 2.37. The zero-order valence-electron chi connectivity index (χ0n) is 8.27. The number of hydrogen-bond acceptors (Lipinski definition) is 7. The van der Waals surface area contributed by atoms with E-state index in [2.05, 4.69) is 46.2 Å². The van der Waals surface area contributed by atoms with E-state index < -0.39 is 7.14 Å². The van der Waals surface area contributed by atoms with Gasteiger partial charge in [0.25, 0.3) is 0 Å². The van der Waals surface area contributed by atoms with E-state index in [4.69, 9.17) is 0 Å². The van der Waals surface area contributed by atoms with Crippen LogP contribution in [-0.4, -0.2) is 46.2 Å². The third-order valence-electron chi connectivity index (χ3n) is 2.17. The summed E-state index contributed by atoms with van der Waals surface area (Å²) >= 11 is 0. The smallest absolute Gasteiger partial charge is 0.233 e. The van der Waals surface area contributed by atoms with Gasteiger partial charge in [0.1, 0.15) is 0 Å². The van der Waals surface area contributed by atoms with Gasteiger partial charge in [-0.2, -0.15) is 46.2 Å². The molecule has 0 amide bonds. The summed E-state index contributed by atoms with van der Waals surface area (Å²) in [6.45, 7) is 0. The average molecular weight is 251 g/mol. The number of hydrogen-bond donors (Lipinski definition) is 3.